The van der Waals surface area contributed by atoms with Gasteiger partial charge in [0.1, 0.15) is 67.7 Å². The molecule has 6 aromatic heterocycles. The summed E-state index contributed by atoms with van der Waals surface area (Å²) in [6.07, 6.45) is 32.6. The second-order valence-electron chi connectivity index (χ2n) is 27.8. The molecule has 13 rings (SSSR count). The minimum absolute atomic E-state index is 0. The molecule has 3 saturated carbocycles. The fraction of sp³-hybridized carbons (Fsp3) is 0.687. The number of hydrogen-bond donors (Lipinski definition) is 4. The van der Waals surface area contributed by atoms with Crippen LogP contribution in [0.15, 0.2) is 19.0 Å². The molecule has 6 aliphatic carbocycles. The summed E-state index contributed by atoms with van der Waals surface area (Å²) < 4.78 is 24.2. The first kappa shape index (κ1) is 73.2. The minimum Gasteiger partial charge on any atom is -1.00 e. The molecule has 1 saturated heterocycles. The van der Waals surface area contributed by atoms with Gasteiger partial charge in [0.2, 0.25) is 0 Å². The summed E-state index contributed by atoms with van der Waals surface area (Å²) in [6.45, 7) is 20.1. The van der Waals surface area contributed by atoms with Crippen LogP contribution in [0.4, 0.5) is 27.0 Å². The van der Waals surface area contributed by atoms with Gasteiger partial charge in [-0.05, 0) is 239 Å². The van der Waals surface area contributed by atoms with E-state index in [1.807, 2.05) is 54.8 Å². The van der Waals surface area contributed by atoms with Crippen molar-refractivity contribution in [3.05, 3.63) is 50.3 Å². The first-order chi connectivity index (χ1) is 42.0. The summed E-state index contributed by atoms with van der Waals surface area (Å²) in [5, 5.41) is 15.0. The van der Waals surface area contributed by atoms with E-state index in [1.54, 1.807) is 65.4 Å². The second-order valence-corrected chi connectivity index (χ2v) is 31.1. The first-order valence-electron chi connectivity index (χ1n) is 32.8. The van der Waals surface area contributed by atoms with E-state index in [2.05, 4.69) is 57.5 Å². The molecule has 4 fully saturated rings. The molecule has 18 nitrogen and oxygen atoms in total. The number of esters is 1. The van der Waals surface area contributed by atoms with Crippen molar-refractivity contribution < 1.29 is 58.4 Å². The molecule has 490 valence electrons. The second kappa shape index (κ2) is 33.8. The van der Waals surface area contributed by atoms with Crippen molar-refractivity contribution in [1.82, 2.24) is 29.9 Å². The number of hydrogen-bond acceptors (Lipinski definition) is 21. The van der Waals surface area contributed by atoms with Crippen LogP contribution in [0.2, 0.25) is 0 Å². The number of carbonyl (C=O) groups is 3. The standard InChI is InChI=1S/C21H29N3O2S.C17H23N3S.C15H20N4S.C10H18O5.C4H8O.Al.Li.4H/c1-21(2,3)26-17(25)11-13-7-9-14(10-8-13)24-19-18-15-5-4-6-16(15)27-20(18)23-12-22-19;1-2-11-6-8-12(9-7-11)20-16-15-13-4-3-5-14(13)21-17(15)19-10-18-16;16-9-4-6-10(7-5-9)19-14-13-11-2-1-3-12(11)20-15(13)18-8-17-14;1-9(2,3)14-7(11)13-8(12)15-10(4,5)6;1-2-4-5-3-1;;;;;;/h12-14H,4-11H2,1-3H3,(H,22,23,24);10-12H,2-9H2,1H3,(H,18,19,20);8-10H,1-7,16H2,(H,17,18,19);1-6H3;1-4H2;;;;;;/q;;;;;;+1;;;;-1. The number of nitrogens with two attached hydrogens (primary N) is 1. The minimum atomic E-state index is -1.06. The molecule has 0 atom stereocenters. The maximum atomic E-state index is 12.1. The number of ether oxygens (including phenoxy) is 5. The van der Waals surface area contributed by atoms with E-state index in [9.17, 15) is 14.4 Å². The maximum absolute atomic E-state index is 12.1. The number of aromatic nitrogens is 6. The molecular weight excluding hydrogens is 1200 g/mol. The van der Waals surface area contributed by atoms with Crippen LogP contribution in [0.25, 0.3) is 30.6 Å². The molecule has 0 spiro atoms. The molecule has 1 aliphatic heterocycles. The predicted octanol–water partition coefficient (Wildman–Crippen LogP) is 11.9. The number of nitrogens with zero attached hydrogens (tertiary/aromatic N) is 6. The Labute approximate surface area is 569 Å². The van der Waals surface area contributed by atoms with E-state index in [0.29, 0.717) is 36.5 Å². The van der Waals surface area contributed by atoms with Crippen molar-refractivity contribution >= 4 is 118 Å². The summed E-state index contributed by atoms with van der Waals surface area (Å²) in [7, 11) is 0. The zero-order valence-corrected chi connectivity index (χ0v) is 57.5. The largest absolute Gasteiger partial charge is 1.00 e. The number of nitrogens with one attached hydrogen (secondary N) is 3. The van der Waals surface area contributed by atoms with Crippen molar-refractivity contribution in [2.24, 2.45) is 17.6 Å². The molecule has 90 heavy (non-hydrogen) atoms. The van der Waals surface area contributed by atoms with E-state index < -0.39 is 29.1 Å². The van der Waals surface area contributed by atoms with Gasteiger partial charge in [-0.1, -0.05) is 13.3 Å². The van der Waals surface area contributed by atoms with Gasteiger partial charge < -0.3 is 46.8 Å². The summed E-state index contributed by atoms with van der Waals surface area (Å²) >= 11 is 5.56. The normalized spacial score (nSPS) is 21.7. The van der Waals surface area contributed by atoms with Gasteiger partial charge in [-0.15, -0.1) is 34.0 Å². The Morgan fingerprint density at radius 3 is 1.18 bits per heavy atom. The topological polar surface area (TPSA) is 237 Å². The van der Waals surface area contributed by atoms with E-state index in [-0.39, 0.29) is 43.6 Å². The van der Waals surface area contributed by atoms with Gasteiger partial charge >= 0.3 is 37.1 Å². The average Bonchev–Trinajstić information content (AvgIpc) is 1.74. The van der Waals surface area contributed by atoms with Crippen molar-refractivity contribution in [2.45, 2.75) is 271 Å². The Balaban J connectivity index is 0.000000189. The molecule has 7 aliphatic rings. The molecule has 0 amide bonds. The fourth-order valence-corrected chi connectivity index (χ4v) is 16.6. The van der Waals surface area contributed by atoms with Crippen molar-refractivity contribution in [3.63, 3.8) is 0 Å². The third-order valence-corrected chi connectivity index (χ3v) is 20.8. The van der Waals surface area contributed by atoms with Crippen LogP contribution >= 0.6 is 34.0 Å². The zero-order valence-electron chi connectivity index (χ0n) is 56.0. The third-order valence-electron chi connectivity index (χ3n) is 17.2. The molecule has 0 unspecified atom stereocenters. The number of thiophene rings is 3. The Hall–Kier alpha value is -4.22. The maximum Gasteiger partial charge on any atom is 1.00 e. The van der Waals surface area contributed by atoms with Crippen LogP contribution in [0.1, 0.15) is 224 Å². The van der Waals surface area contributed by atoms with Crippen molar-refractivity contribution in [3.8, 4) is 0 Å². The van der Waals surface area contributed by atoms with E-state index in [0.717, 1.165) is 104 Å². The molecule has 0 bridgehead atoms. The van der Waals surface area contributed by atoms with Crippen LogP contribution < -0.4 is 40.5 Å². The Morgan fingerprint density at radius 2 is 0.856 bits per heavy atom. The molecule has 7 heterocycles. The number of rotatable bonds is 9. The predicted molar refractivity (Wildman–Crippen MR) is 366 cm³/mol. The Kier molecular flexibility index (Phi) is 27.4. The van der Waals surface area contributed by atoms with Crippen LogP contribution in [-0.2, 0) is 67.0 Å². The summed E-state index contributed by atoms with van der Waals surface area (Å²) in [5.74, 6) is 4.47. The van der Waals surface area contributed by atoms with Gasteiger partial charge in [0.15, 0.2) is 17.4 Å². The van der Waals surface area contributed by atoms with E-state index >= 15 is 0 Å². The van der Waals surface area contributed by atoms with Gasteiger partial charge in [0.05, 0.1) is 16.2 Å². The molecule has 0 aromatic carbocycles. The Bertz CT molecular complexity index is 3250. The smallest absolute Gasteiger partial charge is 1.00 e. The SMILES string of the molecule is C1CCOC1.CC(C)(C)OC(=O)CC1CCC(Nc2ncnc3sc4c(c23)CCC4)CC1.CC(C)(C)OC(=O)OC(=O)OC(C)(C)C.CCC1CCC(Nc2ncnc3sc4c(c23)CCC4)CC1.NC1CCC(Nc2ncnc3sc4c(c23)CCC4)CC1.[AlH3].[H-].[Li+]. The molecule has 6 aromatic rings. The van der Waals surface area contributed by atoms with Gasteiger partial charge in [-0.25, -0.2) is 39.5 Å². The Morgan fingerprint density at radius 1 is 0.511 bits per heavy atom. The van der Waals surface area contributed by atoms with Crippen LogP contribution in [0.3, 0.4) is 0 Å². The quantitative estimate of drug-likeness (QED) is 0.0456. The van der Waals surface area contributed by atoms with Crippen LogP contribution in [0.5, 0.6) is 0 Å². The molecular formula is C67H102AlLiN10O8S3. The number of carbonyl (C=O) groups excluding carboxylic acids is 3. The van der Waals surface area contributed by atoms with Crippen LogP contribution in [-0.4, -0.2) is 120 Å². The summed E-state index contributed by atoms with van der Waals surface area (Å²) in [5.41, 5.74) is 8.70. The third kappa shape index (κ3) is 21.4. The molecule has 0 radical (unpaired) electrons. The summed E-state index contributed by atoms with van der Waals surface area (Å²) in [4.78, 5) is 69.2. The van der Waals surface area contributed by atoms with E-state index in [4.69, 9.17) is 24.7 Å². The molecule has 23 heteroatoms. The number of fused-ring (bicyclic) bond motifs is 9. The van der Waals surface area contributed by atoms with Gasteiger partial charge in [-0.2, -0.15) is 0 Å². The summed E-state index contributed by atoms with van der Waals surface area (Å²) in [6, 6.07) is 1.94. The number of aryl methyl sites for hydroxylation is 6. The molecule has 5 N–H and O–H groups in total. The van der Waals surface area contributed by atoms with Crippen molar-refractivity contribution in [2.75, 3.05) is 29.2 Å². The first-order valence-corrected chi connectivity index (χ1v) is 35.2. The fourth-order valence-electron chi connectivity index (χ4n) is 12.9. The average molecular weight is 1310 g/mol. The van der Waals surface area contributed by atoms with Crippen molar-refractivity contribution in [1.29, 1.82) is 0 Å². The monoisotopic (exact) mass is 1300 g/mol. The zero-order chi connectivity index (χ0) is 62.6. The van der Waals surface area contributed by atoms with Gasteiger partial charge in [0.25, 0.3) is 0 Å². The van der Waals surface area contributed by atoms with E-state index in [1.165, 1.54) is 144 Å². The number of anilines is 3. The van der Waals surface area contributed by atoms with Crippen LogP contribution in [0, 0.1) is 11.8 Å². The van der Waals surface area contributed by atoms with Gasteiger partial charge in [-0.3, -0.25) is 4.79 Å². The van der Waals surface area contributed by atoms with Gasteiger partial charge in [0, 0.05) is 58.4 Å².